The molecule has 0 bridgehead atoms. The summed E-state index contributed by atoms with van der Waals surface area (Å²) >= 11 is 0. The lowest BCUT2D eigenvalue weighted by Gasteiger charge is -2.20. The van der Waals surface area contributed by atoms with Crippen molar-refractivity contribution in [2.24, 2.45) is 0 Å². The first-order valence-corrected chi connectivity index (χ1v) is 11.6. The fraction of sp³-hybridized carbons (Fsp3) is 0.130. The third-order valence-corrected chi connectivity index (χ3v) is 6.01. The highest BCUT2D eigenvalue weighted by Crippen LogP contribution is 2.34. The maximum absolute atomic E-state index is 12.2. The van der Waals surface area contributed by atoms with Crippen LogP contribution in [-0.2, 0) is 14.8 Å². The van der Waals surface area contributed by atoms with Gasteiger partial charge in [0.15, 0.2) is 0 Å². The van der Waals surface area contributed by atoms with Crippen molar-refractivity contribution in [1.82, 2.24) is 4.98 Å². The highest BCUT2D eigenvalue weighted by Gasteiger charge is 2.23. The fourth-order valence-corrected chi connectivity index (χ4v) is 4.54. The average molecular weight is 515 g/mol. The summed E-state index contributed by atoms with van der Waals surface area (Å²) in [6, 6.07) is 20.1. The summed E-state index contributed by atoms with van der Waals surface area (Å²) in [7, 11) is -3.72. The number of carbonyl (C=O) groups is 1. The van der Waals surface area contributed by atoms with Gasteiger partial charge in [-0.2, -0.15) is 0 Å². The molecular weight excluding hydrogens is 492 g/mol. The number of hydrogen-bond donors (Lipinski definition) is 2. The zero-order chi connectivity index (χ0) is 22.2. The van der Waals surface area contributed by atoms with Crippen LogP contribution in [0.1, 0.15) is 13.3 Å². The average Bonchev–Trinajstić information content (AvgIpc) is 2.73. The van der Waals surface area contributed by atoms with Crippen molar-refractivity contribution in [3.63, 3.8) is 0 Å². The molecule has 0 saturated carbocycles. The van der Waals surface area contributed by atoms with E-state index >= 15 is 0 Å². The van der Waals surface area contributed by atoms with Gasteiger partial charge in [0.2, 0.25) is 15.9 Å². The molecule has 0 aliphatic heterocycles. The number of para-hydroxylation sites is 1. The van der Waals surface area contributed by atoms with Crippen LogP contribution in [0.5, 0.6) is 0 Å². The summed E-state index contributed by atoms with van der Waals surface area (Å²) < 4.78 is 25.0. The Bertz CT molecular complexity index is 1410. The maximum Gasteiger partial charge on any atom is 0.240 e. The van der Waals surface area contributed by atoms with E-state index in [2.05, 4.69) is 5.32 Å². The number of rotatable bonds is 5. The molecule has 1 amide bonds. The van der Waals surface area contributed by atoms with Crippen molar-refractivity contribution in [3.05, 3.63) is 66.7 Å². The van der Waals surface area contributed by atoms with Gasteiger partial charge < -0.3 is 11.1 Å². The van der Waals surface area contributed by atoms with Crippen molar-refractivity contribution in [2.75, 3.05) is 21.6 Å². The largest absolute Gasteiger partial charge is 0.399 e. The lowest BCUT2D eigenvalue weighted by atomic mass is 10.1. The minimum atomic E-state index is -3.72. The summed E-state index contributed by atoms with van der Waals surface area (Å²) in [6.45, 7) is 1.63. The molecular formula is C23H23BrN4O3S. The summed E-state index contributed by atoms with van der Waals surface area (Å²) in [6.07, 6.45) is 1.11. The first-order chi connectivity index (χ1) is 14.8. The van der Waals surface area contributed by atoms with E-state index in [9.17, 15) is 13.2 Å². The number of benzene rings is 3. The number of sulfonamides is 1. The second-order valence-electron chi connectivity index (χ2n) is 7.23. The van der Waals surface area contributed by atoms with E-state index in [-0.39, 0.29) is 23.4 Å². The number of hydrogen-bond acceptors (Lipinski definition) is 6. The normalized spacial score (nSPS) is 11.2. The fourth-order valence-electron chi connectivity index (χ4n) is 3.53. The topological polar surface area (TPSA) is 105 Å². The molecule has 0 aliphatic carbocycles. The molecule has 4 aromatic rings. The molecule has 9 heteroatoms. The van der Waals surface area contributed by atoms with Crippen molar-refractivity contribution in [2.45, 2.75) is 13.3 Å². The van der Waals surface area contributed by atoms with Crippen LogP contribution in [0.25, 0.3) is 21.8 Å². The Morgan fingerprint density at radius 1 is 1.00 bits per heavy atom. The third kappa shape index (κ3) is 4.53. The molecule has 3 N–H and O–H groups in total. The van der Waals surface area contributed by atoms with Gasteiger partial charge in [-0.1, -0.05) is 25.1 Å². The van der Waals surface area contributed by atoms with E-state index in [4.69, 9.17) is 10.7 Å². The molecule has 0 spiro atoms. The lowest BCUT2D eigenvalue weighted by Crippen LogP contribution is -2.35. The van der Waals surface area contributed by atoms with E-state index in [1.807, 2.05) is 42.5 Å². The second kappa shape index (κ2) is 9.13. The van der Waals surface area contributed by atoms with Crippen LogP contribution in [-0.4, -0.2) is 25.6 Å². The number of fused-ring (bicyclic) bond motifs is 2. The predicted molar refractivity (Wildman–Crippen MR) is 136 cm³/mol. The molecule has 3 aromatic carbocycles. The van der Waals surface area contributed by atoms with Crippen molar-refractivity contribution in [1.29, 1.82) is 0 Å². The maximum atomic E-state index is 12.2. The first kappa shape index (κ1) is 23.5. The highest BCUT2D eigenvalue weighted by atomic mass is 79.9. The zero-order valence-electron chi connectivity index (χ0n) is 17.6. The number of nitrogens with two attached hydrogens (primary N) is 1. The molecule has 166 valence electrons. The third-order valence-electron chi connectivity index (χ3n) is 4.94. The van der Waals surface area contributed by atoms with Crippen LogP contribution in [0.4, 0.5) is 22.7 Å². The van der Waals surface area contributed by atoms with Gasteiger partial charge in [-0.25, -0.2) is 17.7 Å². The summed E-state index contributed by atoms with van der Waals surface area (Å²) in [5.41, 5.74) is 10.1. The standard InChI is InChI=1S/C23H22N4O3S.BrH/c1-3-22(28)27(31(2,29)30)17-11-9-16(10-12-17)25-23-18-6-4-5-7-20(18)26-21-14-15(24)8-13-19(21)23;/h4-14H,3,24H2,1-2H3,(H,25,26);1H. The number of nitrogens with one attached hydrogen (secondary N) is 1. The molecule has 7 nitrogen and oxygen atoms in total. The van der Waals surface area contributed by atoms with Crippen LogP contribution in [0.3, 0.4) is 0 Å². The van der Waals surface area contributed by atoms with Gasteiger partial charge in [-0.15, -0.1) is 17.0 Å². The Labute approximate surface area is 197 Å². The summed E-state index contributed by atoms with van der Waals surface area (Å²) in [5.74, 6) is -0.480. The van der Waals surface area contributed by atoms with Gasteiger partial charge in [0.05, 0.1) is 28.7 Å². The van der Waals surface area contributed by atoms with Crippen LogP contribution in [0, 0.1) is 0 Å². The van der Waals surface area contributed by atoms with Gasteiger partial charge >= 0.3 is 0 Å². The Morgan fingerprint density at radius 2 is 1.66 bits per heavy atom. The number of nitrogen functional groups attached to an aromatic ring is 1. The van der Waals surface area contributed by atoms with Crippen LogP contribution in [0.2, 0.25) is 0 Å². The van der Waals surface area contributed by atoms with E-state index < -0.39 is 15.9 Å². The smallest absolute Gasteiger partial charge is 0.240 e. The number of nitrogens with zero attached hydrogens (tertiary/aromatic N) is 2. The van der Waals surface area contributed by atoms with Gasteiger partial charge in [0.25, 0.3) is 0 Å². The molecule has 0 radical (unpaired) electrons. The van der Waals surface area contributed by atoms with E-state index in [1.165, 1.54) is 0 Å². The van der Waals surface area contributed by atoms with E-state index in [0.717, 1.165) is 43.7 Å². The van der Waals surface area contributed by atoms with E-state index in [0.29, 0.717) is 11.4 Å². The predicted octanol–water partition coefficient (Wildman–Crippen LogP) is 4.99. The quantitative estimate of drug-likeness (QED) is 0.287. The molecule has 0 unspecified atom stereocenters. The minimum absolute atomic E-state index is 0. The number of amides is 1. The SMILES string of the molecule is Br.CCC(=O)N(c1ccc(Nc2c3ccccc3nc3cc(N)ccc23)cc1)S(C)(=O)=O. The highest BCUT2D eigenvalue weighted by molar-refractivity contribution is 8.93. The van der Waals surface area contributed by atoms with Crippen molar-refractivity contribution < 1.29 is 13.2 Å². The van der Waals surface area contributed by atoms with Gasteiger partial charge in [-0.3, -0.25) is 4.79 Å². The summed E-state index contributed by atoms with van der Waals surface area (Å²) in [5, 5.41) is 5.28. The molecule has 0 saturated heterocycles. The lowest BCUT2D eigenvalue weighted by molar-refractivity contribution is -0.117. The second-order valence-corrected chi connectivity index (χ2v) is 9.06. The molecule has 1 aromatic heterocycles. The summed E-state index contributed by atoms with van der Waals surface area (Å²) in [4.78, 5) is 16.9. The Morgan fingerprint density at radius 3 is 2.31 bits per heavy atom. The number of carbonyl (C=O) groups excluding carboxylic acids is 1. The Hall–Kier alpha value is -3.17. The van der Waals surface area contributed by atoms with E-state index in [1.54, 1.807) is 31.2 Å². The Kier molecular flexibility index (Phi) is 6.71. The molecule has 0 aliphatic rings. The number of pyridine rings is 1. The van der Waals surface area contributed by atoms with Crippen molar-refractivity contribution in [3.8, 4) is 0 Å². The minimum Gasteiger partial charge on any atom is -0.399 e. The first-order valence-electron chi connectivity index (χ1n) is 9.76. The molecule has 0 fully saturated rings. The Balaban J connectivity index is 0.00000289. The van der Waals surface area contributed by atoms with Gasteiger partial charge in [0, 0.05) is 28.6 Å². The zero-order valence-corrected chi connectivity index (χ0v) is 20.1. The number of aromatic nitrogens is 1. The monoisotopic (exact) mass is 514 g/mol. The molecule has 32 heavy (non-hydrogen) atoms. The van der Waals surface area contributed by atoms with Gasteiger partial charge in [0.1, 0.15) is 0 Å². The molecule has 4 rings (SSSR count). The molecule has 0 atom stereocenters. The van der Waals surface area contributed by atoms with Crippen LogP contribution >= 0.6 is 17.0 Å². The van der Waals surface area contributed by atoms with Crippen LogP contribution in [0.15, 0.2) is 66.7 Å². The number of halogens is 1. The molecule has 1 heterocycles. The van der Waals surface area contributed by atoms with Crippen LogP contribution < -0.4 is 15.4 Å². The van der Waals surface area contributed by atoms with Gasteiger partial charge in [-0.05, 0) is 48.5 Å². The van der Waals surface area contributed by atoms with Crippen molar-refractivity contribution >= 4 is 77.5 Å². The number of anilines is 4.